The molecule has 0 aromatic carbocycles. The third-order valence-electron chi connectivity index (χ3n) is 3.58. The van der Waals surface area contributed by atoms with E-state index in [2.05, 4.69) is 5.32 Å². The Balaban J connectivity index is 0.00000162. The molecule has 2 saturated heterocycles. The summed E-state index contributed by atoms with van der Waals surface area (Å²) in [6.45, 7) is 2.86. The van der Waals surface area contributed by atoms with Crippen molar-refractivity contribution in [3.63, 3.8) is 0 Å². The molecule has 2 unspecified atom stereocenters. The van der Waals surface area contributed by atoms with E-state index in [4.69, 9.17) is 15.2 Å². The lowest BCUT2D eigenvalue weighted by Gasteiger charge is -2.29. The largest absolute Gasteiger partial charge is 0.381 e. The highest BCUT2D eigenvalue weighted by Crippen LogP contribution is 2.18. The van der Waals surface area contributed by atoms with Crippen LogP contribution < -0.4 is 11.1 Å². The van der Waals surface area contributed by atoms with Crippen molar-refractivity contribution in [2.75, 3.05) is 26.4 Å². The van der Waals surface area contributed by atoms with Gasteiger partial charge >= 0.3 is 0 Å². The Morgan fingerprint density at radius 3 is 2.50 bits per heavy atom. The van der Waals surface area contributed by atoms with Gasteiger partial charge in [-0.15, -0.1) is 12.4 Å². The first kappa shape index (κ1) is 15.7. The van der Waals surface area contributed by atoms with E-state index in [1.165, 1.54) is 0 Å². The van der Waals surface area contributed by atoms with E-state index in [1.807, 2.05) is 0 Å². The zero-order valence-electron chi connectivity index (χ0n) is 10.6. The van der Waals surface area contributed by atoms with Gasteiger partial charge in [-0.2, -0.15) is 0 Å². The molecule has 0 saturated carbocycles. The third-order valence-corrected chi connectivity index (χ3v) is 3.58. The molecule has 3 N–H and O–H groups in total. The normalized spacial score (nSPS) is 27.1. The van der Waals surface area contributed by atoms with Crippen molar-refractivity contribution in [3.05, 3.63) is 0 Å². The van der Waals surface area contributed by atoms with Gasteiger partial charge in [-0.1, -0.05) is 0 Å². The minimum atomic E-state index is -0.402. The van der Waals surface area contributed by atoms with E-state index in [9.17, 15) is 4.79 Å². The summed E-state index contributed by atoms with van der Waals surface area (Å²) >= 11 is 0. The van der Waals surface area contributed by atoms with Gasteiger partial charge in [0.25, 0.3) is 0 Å². The Bertz CT molecular complexity index is 254. The van der Waals surface area contributed by atoms with E-state index < -0.39 is 6.04 Å². The van der Waals surface area contributed by atoms with Crippen LogP contribution in [0.2, 0.25) is 0 Å². The lowest BCUT2D eigenvalue weighted by molar-refractivity contribution is -0.126. The summed E-state index contributed by atoms with van der Waals surface area (Å²) in [6, 6.07) is -0.261. The van der Waals surface area contributed by atoms with Crippen LogP contribution in [0, 0.1) is 5.92 Å². The molecule has 2 rings (SSSR count). The first-order valence-corrected chi connectivity index (χ1v) is 6.49. The highest BCUT2D eigenvalue weighted by atomic mass is 35.5. The van der Waals surface area contributed by atoms with Crippen molar-refractivity contribution < 1.29 is 14.3 Å². The fraction of sp³-hybridized carbons (Fsp3) is 0.917. The maximum absolute atomic E-state index is 12.0. The summed E-state index contributed by atoms with van der Waals surface area (Å²) in [4.78, 5) is 12.0. The second-order valence-corrected chi connectivity index (χ2v) is 4.90. The molecule has 2 aliphatic heterocycles. The van der Waals surface area contributed by atoms with Crippen LogP contribution in [0.1, 0.15) is 25.7 Å². The van der Waals surface area contributed by atoms with Gasteiger partial charge in [-0.05, 0) is 31.6 Å². The molecule has 2 heterocycles. The minimum Gasteiger partial charge on any atom is -0.381 e. The Morgan fingerprint density at radius 1 is 1.17 bits per heavy atom. The molecule has 5 nitrogen and oxygen atoms in total. The van der Waals surface area contributed by atoms with Crippen molar-refractivity contribution >= 4 is 18.3 Å². The second-order valence-electron chi connectivity index (χ2n) is 4.90. The van der Waals surface area contributed by atoms with Gasteiger partial charge in [0.1, 0.15) is 0 Å². The van der Waals surface area contributed by atoms with E-state index in [-0.39, 0.29) is 30.3 Å². The van der Waals surface area contributed by atoms with Crippen molar-refractivity contribution in [2.45, 2.75) is 37.8 Å². The fourth-order valence-corrected chi connectivity index (χ4v) is 2.44. The summed E-state index contributed by atoms with van der Waals surface area (Å²) in [5.41, 5.74) is 6.00. The molecular formula is C12H23ClN2O3. The summed E-state index contributed by atoms with van der Waals surface area (Å²) in [5.74, 6) is 0.223. The molecular weight excluding hydrogens is 256 g/mol. The number of nitrogens with one attached hydrogen (secondary N) is 1. The first-order chi connectivity index (χ1) is 8.27. The average molecular weight is 279 g/mol. The Kier molecular flexibility index (Phi) is 6.92. The molecule has 0 bridgehead atoms. The summed E-state index contributed by atoms with van der Waals surface area (Å²) in [7, 11) is 0. The zero-order valence-corrected chi connectivity index (χ0v) is 11.4. The quantitative estimate of drug-likeness (QED) is 0.787. The SMILES string of the molecule is Cl.NC(C(=O)NC1CCCOC1)C1CCOCC1. The van der Waals surface area contributed by atoms with Crippen LogP contribution in [0.15, 0.2) is 0 Å². The highest BCUT2D eigenvalue weighted by Gasteiger charge is 2.28. The second kappa shape index (κ2) is 7.94. The van der Waals surface area contributed by atoms with Gasteiger partial charge in [0.05, 0.1) is 18.7 Å². The van der Waals surface area contributed by atoms with Gasteiger partial charge < -0.3 is 20.5 Å². The monoisotopic (exact) mass is 278 g/mol. The summed E-state index contributed by atoms with van der Waals surface area (Å²) in [5, 5.41) is 2.99. The number of hydrogen-bond donors (Lipinski definition) is 2. The molecule has 0 spiro atoms. The number of nitrogens with two attached hydrogens (primary N) is 1. The first-order valence-electron chi connectivity index (χ1n) is 6.49. The molecule has 0 aromatic rings. The molecule has 2 atom stereocenters. The summed E-state index contributed by atoms with van der Waals surface area (Å²) < 4.78 is 10.6. The number of hydrogen-bond acceptors (Lipinski definition) is 4. The van der Waals surface area contributed by atoms with E-state index >= 15 is 0 Å². The zero-order chi connectivity index (χ0) is 12.1. The number of rotatable bonds is 3. The van der Waals surface area contributed by atoms with Crippen LogP contribution >= 0.6 is 12.4 Å². The number of ether oxygens (including phenoxy) is 2. The van der Waals surface area contributed by atoms with Gasteiger partial charge in [0, 0.05) is 19.8 Å². The van der Waals surface area contributed by atoms with Crippen LogP contribution in [0.3, 0.4) is 0 Å². The number of carbonyl (C=O) groups is 1. The molecule has 1 amide bonds. The van der Waals surface area contributed by atoms with Gasteiger partial charge in [0.2, 0.25) is 5.91 Å². The minimum absolute atomic E-state index is 0. The number of halogens is 1. The van der Waals surface area contributed by atoms with E-state index in [0.29, 0.717) is 6.61 Å². The predicted molar refractivity (Wildman–Crippen MR) is 70.8 cm³/mol. The lowest BCUT2D eigenvalue weighted by Crippen LogP contribution is -2.51. The van der Waals surface area contributed by atoms with Crippen molar-refractivity contribution in [2.24, 2.45) is 11.7 Å². The average Bonchev–Trinajstić information content (AvgIpc) is 2.40. The number of carbonyl (C=O) groups excluding carboxylic acids is 1. The Morgan fingerprint density at radius 2 is 1.89 bits per heavy atom. The molecule has 0 aromatic heterocycles. The van der Waals surface area contributed by atoms with Gasteiger partial charge in [-0.3, -0.25) is 4.79 Å². The lowest BCUT2D eigenvalue weighted by atomic mass is 9.91. The van der Waals surface area contributed by atoms with Crippen LogP contribution in [-0.4, -0.2) is 44.4 Å². The van der Waals surface area contributed by atoms with Crippen LogP contribution in [0.5, 0.6) is 0 Å². The van der Waals surface area contributed by atoms with E-state index in [1.54, 1.807) is 0 Å². The van der Waals surface area contributed by atoms with Crippen molar-refractivity contribution in [3.8, 4) is 0 Å². The molecule has 0 radical (unpaired) electrons. The maximum Gasteiger partial charge on any atom is 0.237 e. The molecule has 2 fully saturated rings. The van der Waals surface area contributed by atoms with Crippen molar-refractivity contribution in [1.29, 1.82) is 0 Å². The van der Waals surface area contributed by atoms with Gasteiger partial charge in [0.15, 0.2) is 0 Å². The standard InChI is InChI=1S/C12H22N2O3.ClH/c13-11(9-3-6-16-7-4-9)12(15)14-10-2-1-5-17-8-10;/h9-11H,1-8,13H2,(H,14,15);1H. The Labute approximate surface area is 114 Å². The molecule has 106 valence electrons. The van der Waals surface area contributed by atoms with Crippen LogP contribution in [0.4, 0.5) is 0 Å². The van der Waals surface area contributed by atoms with Crippen LogP contribution in [0.25, 0.3) is 0 Å². The Hall–Kier alpha value is -0.360. The van der Waals surface area contributed by atoms with Crippen molar-refractivity contribution in [1.82, 2.24) is 5.32 Å². The van der Waals surface area contributed by atoms with E-state index in [0.717, 1.165) is 45.5 Å². The maximum atomic E-state index is 12.0. The van der Waals surface area contributed by atoms with Gasteiger partial charge in [-0.25, -0.2) is 0 Å². The highest BCUT2D eigenvalue weighted by molar-refractivity contribution is 5.85. The molecule has 0 aliphatic carbocycles. The summed E-state index contributed by atoms with van der Waals surface area (Å²) in [6.07, 6.45) is 3.77. The number of amides is 1. The third kappa shape index (κ3) is 4.39. The predicted octanol–water partition coefficient (Wildman–Crippen LogP) is 0.457. The molecule has 6 heteroatoms. The fourth-order valence-electron chi connectivity index (χ4n) is 2.44. The molecule has 2 aliphatic rings. The smallest absolute Gasteiger partial charge is 0.237 e. The van der Waals surface area contributed by atoms with Crippen LogP contribution in [-0.2, 0) is 14.3 Å². The molecule has 18 heavy (non-hydrogen) atoms. The topological polar surface area (TPSA) is 73.6 Å².